The van der Waals surface area contributed by atoms with Crippen LogP contribution in [0, 0.1) is 11.8 Å². The van der Waals surface area contributed by atoms with E-state index in [-0.39, 0.29) is 18.5 Å². The van der Waals surface area contributed by atoms with E-state index >= 15 is 0 Å². The number of fused-ring (bicyclic) bond motifs is 1. The average Bonchev–Trinajstić information content (AvgIpc) is 2.60. The first kappa shape index (κ1) is 17.0. The minimum atomic E-state index is -0.433. The van der Waals surface area contributed by atoms with E-state index in [4.69, 9.17) is 0 Å². The van der Waals surface area contributed by atoms with Crippen molar-refractivity contribution in [3.63, 3.8) is 0 Å². The molecule has 1 aliphatic carbocycles. The summed E-state index contributed by atoms with van der Waals surface area (Å²) in [5, 5.41) is 6.22. The molecule has 2 aliphatic rings. The molecule has 3 atom stereocenters. The smallest absolute Gasteiger partial charge is 0.328 e. The second-order valence-corrected chi connectivity index (χ2v) is 6.85. The number of hydrogen-bond donors (Lipinski definition) is 3. The number of amides is 1. The van der Waals surface area contributed by atoms with Gasteiger partial charge in [-0.25, -0.2) is 4.79 Å². The van der Waals surface area contributed by atoms with Crippen LogP contribution >= 0.6 is 0 Å². The average molecular weight is 334 g/mol. The van der Waals surface area contributed by atoms with E-state index in [1.54, 1.807) is 0 Å². The summed E-state index contributed by atoms with van der Waals surface area (Å²) in [4.78, 5) is 38.4. The summed E-state index contributed by atoms with van der Waals surface area (Å²) in [6.45, 7) is 3.33. The highest BCUT2D eigenvalue weighted by molar-refractivity contribution is 5.82. The van der Waals surface area contributed by atoms with Crippen molar-refractivity contribution in [2.45, 2.75) is 58.2 Å². The Bertz CT molecular complexity index is 707. The maximum atomic E-state index is 12.6. The monoisotopic (exact) mass is 334 g/mol. The second-order valence-electron chi connectivity index (χ2n) is 6.85. The molecule has 7 heteroatoms. The van der Waals surface area contributed by atoms with Crippen molar-refractivity contribution in [2.24, 2.45) is 11.8 Å². The molecule has 24 heavy (non-hydrogen) atoms. The topological polar surface area (TPSA) is 96.0 Å². The van der Waals surface area contributed by atoms with Gasteiger partial charge in [0, 0.05) is 19.3 Å². The molecular formula is C17H26N4O3. The predicted molar refractivity (Wildman–Crippen MR) is 90.7 cm³/mol. The third-order valence-electron chi connectivity index (χ3n) is 5.44. The quantitative estimate of drug-likeness (QED) is 0.740. The van der Waals surface area contributed by atoms with E-state index in [9.17, 15) is 14.4 Å². The Balaban J connectivity index is 1.67. The number of aromatic amines is 1. The fourth-order valence-corrected chi connectivity index (χ4v) is 4.10. The number of rotatable bonds is 4. The van der Waals surface area contributed by atoms with Gasteiger partial charge in [-0.2, -0.15) is 0 Å². The summed E-state index contributed by atoms with van der Waals surface area (Å²) in [5.74, 6) is 0.997. The molecule has 1 aromatic rings. The first-order chi connectivity index (χ1) is 11.6. The van der Waals surface area contributed by atoms with Crippen molar-refractivity contribution in [3.05, 3.63) is 32.6 Å². The lowest BCUT2D eigenvalue weighted by molar-refractivity contribution is -0.126. The fourth-order valence-electron chi connectivity index (χ4n) is 4.10. The second kappa shape index (κ2) is 7.34. The van der Waals surface area contributed by atoms with Crippen molar-refractivity contribution < 1.29 is 4.79 Å². The number of carbonyl (C=O) groups is 1. The van der Waals surface area contributed by atoms with Crippen LogP contribution in [0.4, 0.5) is 0 Å². The highest BCUT2D eigenvalue weighted by Gasteiger charge is 2.38. The summed E-state index contributed by atoms with van der Waals surface area (Å²) in [7, 11) is 0. The van der Waals surface area contributed by atoms with Crippen LogP contribution in [0.15, 0.2) is 15.8 Å². The summed E-state index contributed by atoms with van der Waals surface area (Å²) in [6, 6.07) is -0.166. The molecule has 0 bridgehead atoms. The molecule has 1 aliphatic heterocycles. The SMILES string of the molecule is CCn1cc(CNC(=O)C2NCCC3CCCCC32)c(=O)[nH]c1=O. The molecule has 3 unspecified atom stereocenters. The molecule has 1 aromatic heterocycles. The van der Waals surface area contributed by atoms with Crippen LogP contribution in [0.25, 0.3) is 0 Å². The molecule has 3 N–H and O–H groups in total. The highest BCUT2D eigenvalue weighted by Crippen LogP contribution is 2.36. The molecule has 1 amide bonds. The van der Waals surface area contributed by atoms with Crippen molar-refractivity contribution in [1.82, 2.24) is 20.2 Å². The maximum absolute atomic E-state index is 12.6. The number of aromatic nitrogens is 2. The van der Waals surface area contributed by atoms with E-state index in [1.807, 2.05) is 6.92 Å². The van der Waals surface area contributed by atoms with Gasteiger partial charge in [0.2, 0.25) is 5.91 Å². The standard InChI is InChI=1S/C17H26N4O3/c1-2-21-10-12(15(22)20-17(21)24)9-19-16(23)14-13-6-4-3-5-11(13)7-8-18-14/h10-11,13-14,18H,2-9H2,1H3,(H,19,23)(H,20,22,24). The Morgan fingerprint density at radius 3 is 2.88 bits per heavy atom. The molecule has 7 nitrogen and oxygen atoms in total. The number of piperidine rings is 1. The molecule has 1 saturated carbocycles. The maximum Gasteiger partial charge on any atom is 0.328 e. The van der Waals surface area contributed by atoms with Crippen LogP contribution in [0.5, 0.6) is 0 Å². The van der Waals surface area contributed by atoms with Gasteiger partial charge in [-0.05, 0) is 38.1 Å². The van der Waals surface area contributed by atoms with Gasteiger partial charge in [0.05, 0.1) is 11.6 Å². The number of carbonyl (C=O) groups excluding carboxylic acids is 1. The molecular weight excluding hydrogens is 308 g/mol. The first-order valence-corrected chi connectivity index (χ1v) is 8.94. The minimum absolute atomic E-state index is 0.0414. The third-order valence-corrected chi connectivity index (χ3v) is 5.44. The molecule has 2 heterocycles. The molecule has 0 radical (unpaired) electrons. The number of H-pyrrole nitrogens is 1. The third kappa shape index (κ3) is 3.45. The van der Waals surface area contributed by atoms with Gasteiger partial charge < -0.3 is 15.2 Å². The van der Waals surface area contributed by atoms with Crippen LogP contribution in [0.1, 0.15) is 44.6 Å². The van der Waals surface area contributed by atoms with Crippen molar-refractivity contribution in [2.75, 3.05) is 6.54 Å². The largest absolute Gasteiger partial charge is 0.350 e. The molecule has 2 fully saturated rings. The van der Waals surface area contributed by atoms with Crippen molar-refractivity contribution in [1.29, 1.82) is 0 Å². The van der Waals surface area contributed by atoms with E-state index in [2.05, 4.69) is 15.6 Å². The number of hydrogen-bond acceptors (Lipinski definition) is 4. The summed E-state index contributed by atoms with van der Waals surface area (Å²) >= 11 is 0. The normalized spacial score (nSPS) is 26.6. The van der Waals surface area contributed by atoms with Gasteiger partial charge in [0.1, 0.15) is 0 Å². The Kier molecular flexibility index (Phi) is 5.18. The van der Waals surface area contributed by atoms with E-state index < -0.39 is 11.2 Å². The van der Waals surface area contributed by atoms with Gasteiger partial charge in [0.15, 0.2) is 0 Å². The van der Waals surface area contributed by atoms with Gasteiger partial charge in [-0.15, -0.1) is 0 Å². The summed E-state index contributed by atoms with van der Waals surface area (Å²) in [5.41, 5.74) is -0.450. The predicted octanol–water partition coefficient (Wildman–Crippen LogP) is 0.341. The van der Waals surface area contributed by atoms with Gasteiger partial charge in [-0.1, -0.05) is 19.3 Å². The zero-order valence-electron chi connectivity index (χ0n) is 14.1. The summed E-state index contributed by atoms with van der Waals surface area (Å²) < 4.78 is 1.43. The van der Waals surface area contributed by atoms with E-state index in [0.29, 0.717) is 23.9 Å². The zero-order chi connectivity index (χ0) is 17.1. The zero-order valence-corrected chi connectivity index (χ0v) is 14.1. The lowest BCUT2D eigenvalue weighted by Crippen LogP contribution is -2.55. The van der Waals surface area contributed by atoms with Crippen LogP contribution in [0.3, 0.4) is 0 Å². The van der Waals surface area contributed by atoms with Gasteiger partial charge in [0.25, 0.3) is 5.56 Å². The highest BCUT2D eigenvalue weighted by atomic mass is 16.2. The lowest BCUT2D eigenvalue weighted by Gasteiger charge is -2.41. The molecule has 3 rings (SSSR count). The van der Waals surface area contributed by atoms with Gasteiger partial charge >= 0.3 is 5.69 Å². The Hall–Kier alpha value is -1.89. The van der Waals surface area contributed by atoms with Crippen molar-refractivity contribution >= 4 is 5.91 Å². The fraction of sp³-hybridized carbons (Fsp3) is 0.706. The van der Waals surface area contributed by atoms with E-state index in [0.717, 1.165) is 19.4 Å². The van der Waals surface area contributed by atoms with Crippen LogP contribution in [-0.4, -0.2) is 28.0 Å². The van der Waals surface area contributed by atoms with Gasteiger partial charge in [-0.3, -0.25) is 14.6 Å². The lowest BCUT2D eigenvalue weighted by atomic mass is 9.71. The van der Waals surface area contributed by atoms with Crippen LogP contribution in [0.2, 0.25) is 0 Å². The molecule has 0 aromatic carbocycles. The van der Waals surface area contributed by atoms with Crippen LogP contribution < -0.4 is 21.9 Å². The Labute approximate surface area is 140 Å². The molecule has 132 valence electrons. The Morgan fingerprint density at radius 1 is 1.29 bits per heavy atom. The first-order valence-electron chi connectivity index (χ1n) is 8.94. The Morgan fingerprint density at radius 2 is 2.08 bits per heavy atom. The number of nitrogens with zero attached hydrogens (tertiary/aromatic N) is 1. The van der Waals surface area contributed by atoms with Crippen molar-refractivity contribution in [3.8, 4) is 0 Å². The minimum Gasteiger partial charge on any atom is -0.350 e. The number of nitrogens with one attached hydrogen (secondary N) is 3. The summed E-state index contributed by atoms with van der Waals surface area (Å²) in [6.07, 6.45) is 7.44. The van der Waals surface area contributed by atoms with Crippen LogP contribution in [-0.2, 0) is 17.9 Å². The molecule has 0 spiro atoms. The molecule has 1 saturated heterocycles. The van der Waals surface area contributed by atoms with E-state index in [1.165, 1.54) is 30.0 Å². The number of aryl methyl sites for hydroxylation is 1.